The summed E-state index contributed by atoms with van der Waals surface area (Å²) < 4.78 is 0. The quantitative estimate of drug-likeness (QED) is 0.590. The number of pyridine rings is 1. The van der Waals surface area contributed by atoms with Crippen LogP contribution in [0.4, 0.5) is 0 Å². The minimum absolute atomic E-state index is 1.11. The van der Waals surface area contributed by atoms with Crippen LogP contribution in [-0.2, 0) is 12.8 Å². The summed E-state index contributed by atoms with van der Waals surface area (Å²) in [6, 6.07) is 19.3. The number of benzene rings is 2. The van der Waals surface area contributed by atoms with E-state index in [0.717, 1.165) is 11.9 Å². The fourth-order valence-corrected chi connectivity index (χ4v) is 2.89. The molecule has 0 amide bonds. The highest BCUT2D eigenvalue weighted by molar-refractivity contribution is 5.81. The maximum Gasteiger partial charge on any atom is 0.0733 e. The maximum absolute atomic E-state index is 4.53. The molecule has 0 saturated heterocycles. The Labute approximate surface area is 126 Å². The molecule has 0 unspecified atom stereocenters. The summed E-state index contributed by atoms with van der Waals surface area (Å²) in [4.78, 5) is 4.53. The molecule has 3 rings (SSSR count). The number of hydrogen-bond donors (Lipinski definition) is 0. The zero-order valence-electron chi connectivity index (χ0n) is 12.5. The molecule has 0 atom stereocenters. The van der Waals surface area contributed by atoms with Crippen LogP contribution >= 0.6 is 0 Å². The third kappa shape index (κ3) is 3.30. The second-order valence-electron chi connectivity index (χ2n) is 5.63. The van der Waals surface area contributed by atoms with E-state index in [9.17, 15) is 0 Å². The van der Waals surface area contributed by atoms with Gasteiger partial charge in [-0.3, -0.25) is 4.98 Å². The Morgan fingerprint density at radius 2 is 1.48 bits per heavy atom. The van der Waals surface area contributed by atoms with E-state index in [-0.39, 0.29) is 0 Å². The molecule has 1 nitrogen and oxygen atoms in total. The molecule has 2 aromatic carbocycles. The molecule has 106 valence electrons. The maximum atomic E-state index is 4.53. The first-order chi connectivity index (χ1) is 10.3. The molecule has 3 aromatic rings. The first kappa shape index (κ1) is 13.8. The van der Waals surface area contributed by atoms with Gasteiger partial charge < -0.3 is 0 Å². The van der Waals surface area contributed by atoms with Gasteiger partial charge in [0.2, 0.25) is 0 Å². The van der Waals surface area contributed by atoms with Crippen molar-refractivity contribution in [1.29, 1.82) is 0 Å². The summed E-state index contributed by atoms with van der Waals surface area (Å²) in [5, 5.41) is 1.24. The largest absolute Gasteiger partial charge is 0.256 e. The molecule has 0 bridgehead atoms. The lowest BCUT2D eigenvalue weighted by Crippen LogP contribution is -1.93. The number of fused-ring (bicyclic) bond motifs is 1. The van der Waals surface area contributed by atoms with E-state index in [1.54, 1.807) is 0 Å². The first-order valence-corrected chi connectivity index (χ1v) is 7.72. The molecule has 21 heavy (non-hydrogen) atoms. The van der Waals surface area contributed by atoms with Gasteiger partial charge in [0.05, 0.1) is 5.52 Å². The predicted molar refractivity (Wildman–Crippen MR) is 89.6 cm³/mol. The average Bonchev–Trinajstić information content (AvgIpc) is 2.53. The smallest absolute Gasteiger partial charge is 0.0733 e. The van der Waals surface area contributed by atoms with Crippen molar-refractivity contribution < 1.29 is 0 Å². The molecule has 0 saturated carbocycles. The van der Waals surface area contributed by atoms with Crippen LogP contribution in [0.5, 0.6) is 0 Å². The lowest BCUT2D eigenvalue weighted by molar-refractivity contribution is 0.734. The molecule has 1 heteroatoms. The van der Waals surface area contributed by atoms with Crippen LogP contribution in [0.15, 0.2) is 60.8 Å². The summed E-state index contributed by atoms with van der Waals surface area (Å²) in [5.41, 5.74) is 5.42. The Morgan fingerprint density at radius 1 is 0.762 bits per heavy atom. The molecule has 0 aliphatic rings. The van der Waals surface area contributed by atoms with E-state index >= 15 is 0 Å². The lowest BCUT2D eigenvalue weighted by Gasteiger charge is -2.07. The second-order valence-corrected chi connectivity index (χ2v) is 5.63. The standard InChI is InChI=1S/C20H21N/c1-16-8-2-3-9-17(16)10-4-5-11-18-12-6-13-19-14-7-15-21-20(18)19/h2-3,6-9,12-15H,4-5,10-11H2,1H3. The zero-order chi connectivity index (χ0) is 14.5. The topological polar surface area (TPSA) is 12.9 Å². The number of rotatable bonds is 5. The molecule has 1 heterocycles. The number of hydrogen-bond acceptors (Lipinski definition) is 1. The third-order valence-electron chi connectivity index (χ3n) is 4.12. The Bertz CT molecular complexity index is 725. The van der Waals surface area contributed by atoms with Crippen LogP contribution < -0.4 is 0 Å². The van der Waals surface area contributed by atoms with E-state index in [2.05, 4.69) is 60.4 Å². The van der Waals surface area contributed by atoms with E-state index in [0.29, 0.717) is 0 Å². The first-order valence-electron chi connectivity index (χ1n) is 7.72. The van der Waals surface area contributed by atoms with E-state index in [1.165, 1.54) is 41.3 Å². The van der Waals surface area contributed by atoms with Gasteiger partial charge in [0, 0.05) is 11.6 Å². The van der Waals surface area contributed by atoms with Crippen LogP contribution in [0.2, 0.25) is 0 Å². The third-order valence-corrected chi connectivity index (χ3v) is 4.12. The fourth-order valence-electron chi connectivity index (χ4n) is 2.89. The number of nitrogens with zero attached hydrogens (tertiary/aromatic N) is 1. The van der Waals surface area contributed by atoms with Crippen molar-refractivity contribution in [2.24, 2.45) is 0 Å². The van der Waals surface area contributed by atoms with Crippen molar-refractivity contribution in [3.8, 4) is 0 Å². The molecule has 0 spiro atoms. The number of unbranched alkanes of at least 4 members (excludes halogenated alkanes) is 1. The summed E-state index contributed by atoms with van der Waals surface area (Å²) in [5.74, 6) is 0. The van der Waals surface area contributed by atoms with Crippen LogP contribution in [0, 0.1) is 6.92 Å². The Kier molecular flexibility index (Phi) is 4.30. The average molecular weight is 275 g/mol. The van der Waals surface area contributed by atoms with Crippen LogP contribution in [0.3, 0.4) is 0 Å². The van der Waals surface area contributed by atoms with Crippen LogP contribution in [0.25, 0.3) is 10.9 Å². The van der Waals surface area contributed by atoms with Gasteiger partial charge >= 0.3 is 0 Å². The fraction of sp³-hybridized carbons (Fsp3) is 0.250. The number of aromatic nitrogens is 1. The minimum atomic E-state index is 1.11. The normalized spacial score (nSPS) is 10.9. The Morgan fingerprint density at radius 3 is 2.33 bits per heavy atom. The van der Waals surface area contributed by atoms with Gasteiger partial charge in [-0.05, 0) is 55.4 Å². The van der Waals surface area contributed by atoms with Gasteiger partial charge in [-0.25, -0.2) is 0 Å². The van der Waals surface area contributed by atoms with E-state index in [1.807, 2.05) is 12.3 Å². The highest BCUT2D eigenvalue weighted by Crippen LogP contribution is 2.19. The SMILES string of the molecule is Cc1ccccc1CCCCc1cccc2cccnc12. The highest BCUT2D eigenvalue weighted by Gasteiger charge is 2.02. The van der Waals surface area contributed by atoms with Crippen molar-refractivity contribution in [3.05, 3.63) is 77.5 Å². The van der Waals surface area contributed by atoms with E-state index in [4.69, 9.17) is 0 Å². The van der Waals surface area contributed by atoms with Crippen molar-refractivity contribution >= 4 is 10.9 Å². The van der Waals surface area contributed by atoms with Crippen molar-refractivity contribution in [2.45, 2.75) is 32.6 Å². The molecule has 0 aliphatic heterocycles. The molecule has 0 aliphatic carbocycles. The molecular weight excluding hydrogens is 254 g/mol. The molecule has 1 aromatic heterocycles. The van der Waals surface area contributed by atoms with Gasteiger partial charge in [0.25, 0.3) is 0 Å². The van der Waals surface area contributed by atoms with Crippen molar-refractivity contribution in [3.63, 3.8) is 0 Å². The molecule has 0 fully saturated rings. The minimum Gasteiger partial charge on any atom is -0.256 e. The summed E-state index contributed by atoms with van der Waals surface area (Å²) in [7, 11) is 0. The van der Waals surface area contributed by atoms with Gasteiger partial charge in [0.15, 0.2) is 0 Å². The Hall–Kier alpha value is -2.15. The number of para-hydroxylation sites is 1. The van der Waals surface area contributed by atoms with Crippen molar-refractivity contribution in [2.75, 3.05) is 0 Å². The van der Waals surface area contributed by atoms with Gasteiger partial charge in [-0.2, -0.15) is 0 Å². The van der Waals surface area contributed by atoms with Crippen molar-refractivity contribution in [1.82, 2.24) is 4.98 Å². The van der Waals surface area contributed by atoms with Gasteiger partial charge in [-0.15, -0.1) is 0 Å². The molecular formula is C20H21N. The second kappa shape index (κ2) is 6.53. The summed E-state index contributed by atoms with van der Waals surface area (Å²) in [6.07, 6.45) is 6.61. The zero-order valence-corrected chi connectivity index (χ0v) is 12.5. The number of aryl methyl sites for hydroxylation is 3. The highest BCUT2D eigenvalue weighted by atomic mass is 14.6. The molecule has 0 radical (unpaired) electrons. The Balaban J connectivity index is 1.61. The van der Waals surface area contributed by atoms with Gasteiger partial charge in [-0.1, -0.05) is 48.5 Å². The monoisotopic (exact) mass is 275 g/mol. The van der Waals surface area contributed by atoms with Crippen LogP contribution in [0.1, 0.15) is 29.5 Å². The van der Waals surface area contributed by atoms with Gasteiger partial charge in [0.1, 0.15) is 0 Å². The summed E-state index contributed by atoms with van der Waals surface area (Å²) >= 11 is 0. The van der Waals surface area contributed by atoms with Crippen LogP contribution in [-0.4, -0.2) is 4.98 Å². The lowest BCUT2D eigenvalue weighted by atomic mass is 9.99. The molecule has 0 N–H and O–H groups in total. The summed E-state index contributed by atoms with van der Waals surface area (Å²) in [6.45, 7) is 2.20. The van der Waals surface area contributed by atoms with E-state index < -0.39 is 0 Å². The predicted octanol–water partition coefficient (Wildman–Crippen LogP) is 5.11.